The van der Waals surface area contributed by atoms with Gasteiger partial charge in [0, 0.05) is 11.0 Å². The topological polar surface area (TPSA) is 69.9 Å². The Kier molecular flexibility index (Phi) is 3.41. The summed E-state index contributed by atoms with van der Waals surface area (Å²) in [4.78, 5) is 4.52. The summed E-state index contributed by atoms with van der Waals surface area (Å²) in [5.74, 6) is 7.03. The molecule has 6 heteroatoms. The van der Waals surface area contributed by atoms with Crippen molar-refractivity contribution in [1.82, 2.24) is 9.66 Å². The van der Waals surface area contributed by atoms with Gasteiger partial charge >= 0.3 is 0 Å². The molecule has 4 nitrogen and oxygen atoms in total. The molecule has 2 aromatic rings. The van der Waals surface area contributed by atoms with Gasteiger partial charge < -0.3 is 11.6 Å². The number of rotatable bonds is 1. The molecule has 4 N–H and O–H groups in total. The van der Waals surface area contributed by atoms with E-state index in [9.17, 15) is 0 Å². The molecule has 0 aliphatic rings. The molecular weight excluding hydrogens is 283 g/mol. The summed E-state index contributed by atoms with van der Waals surface area (Å²) in [5, 5.41) is 0.886. The van der Waals surface area contributed by atoms with Crippen molar-refractivity contribution in [3.05, 3.63) is 34.1 Å². The molecule has 1 aromatic heterocycles. The van der Waals surface area contributed by atoms with Gasteiger partial charge in [-0.25, -0.2) is 9.66 Å². The Morgan fingerprint density at radius 2 is 1.84 bits per heavy atom. The predicted molar refractivity (Wildman–Crippen MR) is 80.9 cm³/mol. The molecule has 0 amide bonds. The van der Waals surface area contributed by atoms with Gasteiger partial charge in [-0.3, -0.25) is 0 Å². The summed E-state index contributed by atoms with van der Waals surface area (Å²) in [7, 11) is 0. The number of imidazole rings is 1. The van der Waals surface area contributed by atoms with E-state index in [1.54, 1.807) is 12.1 Å². The predicted octanol–water partition coefficient (Wildman–Crippen LogP) is 3.45. The highest BCUT2D eigenvalue weighted by Gasteiger charge is 2.25. The van der Waals surface area contributed by atoms with Crippen molar-refractivity contribution in [3.8, 4) is 11.3 Å². The number of nitrogens with zero attached hydrogens (tertiary/aromatic N) is 2. The van der Waals surface area contributed by atoms with E-state index in [-0.39, 0.29) is 5.41 Å². The van der Waals surface area contributed by atoms with Crippen molar-refractivity contribution in [1.29, 1.82) is 0 Å². The van der Waals surface area contributed by atoms with E-state index in [0.717, 1.165) is 0 Å². The lowest BCUT2D eigenvalue weighted by molar-refractivity contribution is 0.532. The summed E-state index contributed by atoms with van der Waals surface area (Å²) in [6.45, 7) is 6.05. The maximum atomic E-state index is 6.20. The van der Waals surface area contributed by atoms with Crippen LogP contribution in [0.5, 0.6) is 0 Å². The van der Waals surface area contributed by atoms with E-state index in [1.807, 2.05) is 26.8 Å². The molecule has 0 radical (unpaired) electrons. The fourth-order valence-corrected chi connectivity index (χ4v) is 2.25. The second-order valence-corrected chi connectivity index (χ2v) is 6.18. The van der Waals surface area contributed by atoms with Gasteiger partial charge in [0.1, 0.15) is 11.5 Å². The van der Waals surface area contributed by atoms with Crippen LogP contribution in [0.15, 0.2) is 18.2 Å². The largest absolute Gasteiger partial charge is 0.382 e. The molecule has 1 heterocycles. The van der Waals surface area contributed by atoms with Crippen molar-refractivity contribution in [2.45, 2.75) is 26.2 Å². The Balaban J connectivity index is 2.68. The Hall–Kier alpha value is -1.39. The Morgan fingerprint density at radius 3 is 2.37 bits per heavy atom. The van der Waals surface area contributed by atoms with Gasteiger partial charge in [0.2, 0.25) is 0 Å². The lowest BCUT2D eigenvalue weighted by Gasteiger charge is -2.17. The zero-order valence-corrected chi connectivity index (χ0v) is 12.5. The van der Waals surface area contributed by atoms with Gasteiger partial charge in [-0.2, -0.15) is 0 Å². The minimum absolute atomic E-state index is 0.216. The number of anilines is 1. The highest BCUT2D eigenvalue weighted by Crippen LogP contribution is 2.37. The van der Waals surface area contributed by atoms with Crippen LogP contribution in [0.2, 0.25) is 10.0 Å². The first kappa shape index (κ1) is 14.0. The monoisotopic (exact) mass is 298 g/mol. The van der Waals surface area contributed by atoms with Gasteiger partial charge in [0.25, 0.3) is 0 Å². The molecule has 0 spiro atoms. The molecular formula is C13H16Cl2N4. The Bertz CT molecular complexity index is 626. The maximum absolute atomic E-state index is 6.20. The minimum atomic E-state index is -0.216. The summed E-state index contributed by atoms with van der Waals surface area (Å²) in [6.07, 6.45) is 0. The third-order valence-electron chi connectivity index (χ3n) is 2.83. The number of aromatic nitrogens is 2. The molecule has 0 fully saturated rings. The van der Waals surface area contributed by atoms with Gasteiger partial charge in [0.05, 0.1) is 10.0 Å². The molecule has 0 aliphatic carbocycles. The van der Waals surface area contributed by atoms with Crippen molar-refractivity contribution >= 4 is 29.0 Å². The van der Waals surface area contributed by atoms with E-state index >= 15 is 0 Å². The average molecular weight is 299 g/mol. The third-order valence-corrected chi connectivity index (χ3v) is 3.64. The quantitative estimate of drug-likeness (QED) is 0.792. The van der Waals surface area contributed by atoms with Crippen molar-refractivity contribution in [3.63, 3.8) is 0 Å². The third kappa shape index (κ3) is 2.38. The van der Waals surface area contributed by atoms with Crippen LogP contribution < -0.4 is 11.6 Å². The standard InChI is InChI=1S/C13H16Cl2N4/c1-13(2,3)12-18-10(11(16)19(12)17)7-5-4-6-8(14)9(7)15/h4-6H,16-17H2,1-3H3. The molecule has 0 bridgehead atoms. The van der Waals surface area contributed by atoms with Crippen LogP contribution in [0, 0.1) is 0 Å². The van der Waals surface area contributed by atoms with Gasteiger partial charge in [-0.05, 0) is 6.07 Å². The van der Waals surface area contributed by atoms with E-state index in [4.69, 9.17) is 34.8 Å². The number of benzene rings is 1. The SMILES string of the molecule is CC(C)(C)c1nc(-c2cccc(Cl)c2Cl)c(N)n1N. The molecule has 0 atom stereocenters. The summed E-state index contributed by atoms with van der Waals surface area (Å²) in [5.41, 5.74) is 7.05. The normalized spacial score (nSPS) is 11.8. The molecule has 0 saturated heterocycles. The summed E-state index contributed by atoms with van der Waals surface area (Å²) >= 11 is 12.2. The van der Waals surface area contributed by atoms with E-state index in [1.165, 1.54) is 4.68 Å². The summed E-state index contributed by atoms with van der Waals surface area (Å²) < 4.78 is 1.40. The minimum Gasteiger partial charge on any atom is -0.382 e. The number of nitrogen functional groups attached to an aromatic ring is 2. The number of hydrogen-bond donors (Lipinski definition) is 2. The number of hydrogen-bond acceptors (Lipinski definition) is 3. The highest BCUT2D eigenvalue weighted by molar-refractivity contribution is 6.43. The summed E-state index contributed by atoms with van der Waals surface area (Å²) in [6, 6.07) is 5.34. The van der Waals surface area contributed by atoms with Gasteiger partial charge in [0.15, 0.2) is 5.82 Å². The molecule has 0 unspecified atom stereocenters. The fraction of sp³-hybridized carbons (Fsp3) is 0.308. The molecule has 0 aliphatic heterocycles. The highest BCUT2D eigenvalue weighted by atomic mass is 35.5. The maximum Gasteiger partial charge on any atom is 0.150 e. The van der Waals surface area contributed by atoms with E-state index < -0.39 is 0 Å². The van der Waals surface area contributed by atoms with Crippen molar-refractivity contribution in [2.75, 3.05) is 11.6 Å². The fourth-order valence-electron chi connectivity index (χ4n) is 1.86. The van der Waals surface area contributed by atoms with Crippen LogP contribution in [0.25, 0.3) is 11.3 Å². The molecule has 0 saturated carbocycles. The zero-order valence-electron chi connectivity index (χ0n) is 11.0. The zero-order chi connectivity index (χ0) is 14.4. The van der Waals surface area contributed by atoms with E-state index in [0.29, 0.717) is 32.9 Å². The number of nitrogens with two attached hydrogens (primary N) is 2. The van der Waals surface area contributed by atoms with Crippen molar-refractivity contribution in [2.24, 2.45) is 0 Å². The lowest BCUT2D eigenvalue weighted by atomic mass is 9.96. The van der Waals surface area contributed by atoms with Crippen LogP contribution >= 0.6 is 23.2 Å². The van der Waals surface area contributed by atoms with Crippen LogP contribution in [-0.2, 0) is 5.41 Å². The first-order valence-corrected chi connectivity index (χ1v) is 6.57. The Labute approximate surface area is 122 Å². The van der Waals surface area contributed by atoms with Crippen molar-refractivity contribution < 1.29 is 0 Å². The Morgan fingerprint density at radius 1 is 1.21 bits per heavy atom. The van der Waals surface area contributed by atoms with Crippen LogP contribution in [-0.4, -0.2) is 9.66 Å². The molecule has 1 aromatic carbocycles. The van der Waals surface area contributed by atoms with Crippen LogP contribution in [0.4, 0.5) is 5.82 Å². The second-order valence-electron chi connectivity index (χ2n) is 5.39. The van der Waals surface area contributed by atoms with Crippen LogP contribution in [0.3, 0.4) is 0 Å². The smallest absolute Gasteiger partial charge is 0.150 e. The van der Waals surface area contributed by atoms with Gasteiger partial charge in [-0.1, -0.05) is 56.1 Å². The van der Waals surface area contributed by atoms with E-state index in [2.05, 4.69) is 4.98 Å². The lowest BCUT2D eigenvalue weighted by Crippen LogP contribution is -2.24. The first-order valence-electron chi connectivity index (χ1n) is 5.81. The van der Waals surface area contributed by atoms with Gasteiger partial charge in [-0.15, -0.1) is 0 Å². The second kappa shape index (κ2) is 4.62. The molecule has 2 rings (SSSR count). The first-order chi connectivity index (χ1) is 8.73. The average Bonchev–Trinajstić information content (AvgIpc) is 2.60. The number of halogens is 2. The molecule has 102 valence electrons. The molecule has 19 heavy (non-hydrogen) atoms. The van der Waals surface area contributed by atoms with Crippen LogP contribution in [0.1, 0.15) is 26.6 Å².